The molecule has 0 bridgehead atoms. The quantitative estimate of drug-likeness (QED) is 0.0710. The number of anilines is 2. The van der Waals surface area contributed by atoms with Crippen LogP contribution in [0.15, 0.2) is 78.4 Å². The van der Waals surface area contributed by atoms with Crippen LogP contribution in [0.25, 0.3) is 0 Å². The Morgan fingerprint density at radius 1 is 0.511 bits per heavy atom. The summed E-state index contributed by atoms with van der Waals surface area (Å²) in [4.78, 5) is 24.9. The molecular weight excluding hydrogens is 641 g/mol. The summed E-state index contributed by atoms with van der Waals surface area (Å²) in [7, 11) is 0. The molecule has 0 heterocycles. The highest BCUT2D eigenvalue weighted by Crippen LogP contribution is 2.14. The minimum atomic E-state index is -0.392. The Bertz CT molecular complexity index is 1580. The Labute approximate surface area is 291 Å². The first-order valence-electron chi connectivity index (χ1n) is 17.0. The highest BCUT2D eigenvalue weighted by molar-refractivity contribution is 6.31. The molecule has 47 heavy (non-hydrogen) atoms. The molecule has 2 rings (SSSR count). The highest BCUT2D eigenvalue weighted by Gasteiger charge is 2.00. The van der Waals surface area contributed by atoms with Gasteiger partial charge < -0.3 is 45.0 Å². The molecule has 0 aliphatic heterocycles. The molecule has 0 saturated carbocycles. The van der Waals surface area contributed by atoms with Gasteiger partial charge in [0.05, 0.1) is 5.48 Å². The Morgan fingerprint density at radius 2 is 0.915 bits per heavy atom. The maximum Gasteiger partial charge on any atom is 0.218 e. The average Bonchev–Trinajstić information content (AvgIpc) is 3.08. The van der Waals surface area contributed by atoms with Gasteiger partial charge >= 0.3 is 0 Å². The van der Waals surface area contributed by atoms with Gasteiger partial charge in [0.25, 0.3) is 0 Å². The molecule has 0 aliphatic rings. The van der Waals surface area contributed by atoms with Crippen LogP contribution in [0.2, 0.25) is 10.0 Å². The number of aliphatic imine (C=N–C) groups is 6. The maximum absolute atomic E-state index is 7.95. The fourth-order valence-corrected chi connectivity index (χ4v) is 3.91. The van der Waals surface area contributed by atoms with E-state index in [9.17, 15) is 0 Å². The van der Waals surface area contributed by atoms with Gasteiger partial charge in [0, 0.05) is 47.6 Å². The van der Waals surface area contributed by atoms with Gasteiger partial charge in [-0.15, -0.1) is 0 Å². The van der Waals surface area contributed by atoms with Gasteiger partial charge in [0.2, 0.25) is 23.8 Å². The van der Waals surface area contributed by atoms with E-state index < -0.39 is 12.1 Å². The minimum absolute atomic E-state index is 0.0872. The predicted octanol–water partition coefficient (Wildman–Crippen LogP) is 3.12. The molecular formula is C30H47Cl2N15. The van der Waals surface area contributed by atoms with Crippen LogP contribution in [0.4, 0.5) is 11.4 Å². The van der Waals surface area contributed by atoms with Crippen molar-refractivity contribution in [2.75, 3.05) is 36.8 Å². The normalized spacial score (nSPS) is 14.7. The molecule has 0 radical (unpaired) electrons. The summed E-state index contributed by atoms with van der Waals surface area (Å²) in [6.45, 7) is 2.03. The first-order valence-corrected chi connectivity index (χ1v) is 15.7. The molecule has 15 N–H and O–H groups in total. The fraction of sp³-hybridized carbons (Fsp3) is 0.400. The lowest BCUT2D eigenvalue weighted by Gasteiger charge is -2.05. The molecule has 256 valence electrons. The van der Waals surface area contributed by atoms with Gasteiger partial charge in [-0.05, 0) is 74.1 Å². The van der Waals surface area contributed by atoms with E-state index in [4.69, 9.17) is 63.1 Å². The lowest BCUT2D eigenvalue weighted by Crippen LogP contribution is -2.41. The number of unbranched alkanes of at least 4 members (excludes halogenated alkanes) is 6. The van der Waals surface area contributed by atoms with Gasteiger partial charge in [-0.2, -0.15) is 9.98 Å². The molecule has 2 aromatic carbocycles. The highest BCUT2D eigenvalue weighted by atomic mass is 35.5. The van der Waals surface area contributed by atoms with Crippen LogP contribution < -0.4 is 50.4 Å². The van der Waals surface area contributed by atoms with Crippen molar-refractivity contribution in [3.63, 3.8) is 0 Å². The van der Waals surface area contributed by atoms with E-state index in [1.54, 1.807) is 24.3 Å². The van der Waals surface area contributed by atoms with Crippen molar-refractivity contribution in [3.05, 3.63) is 58.5 Å². The van der Waals surface area contributed by atoms with E-state index in [0.717, 1.165) is 57.1 Å². The van der Waals surface area contributed by atoms with Gasteiger partial charge in [0.1, 0.15) is 0 Å². The van der Waals surface area contributed by atoms with Crippen molar-refractivity contribution in [3.8, 4) is 0 Å². The van der Waals surface area contributed by atoms with Crippen LogP contribution >= 0.6 is 23.2 Å². The van der Waals surface area contributed by atoms with Crippen LogP contribution in [-0.4, -0.2) is 61.9 Å². The van der Waals surface area contributed by atoms with Crippen LogP contribution in [0.5, 0.6) is 0 Å². The van der Waals surface area contributed by atoms with Crippen molar-refractivity contribution in [2.45, 2.75) is 51.4 Å². The topological polar surface area (TPSA) is 266 Å². The average molecular weight is 693 g/mol. The molecule has 0 fully saturated rings. The Kier molecular flexibility index (Phi) is 15.5. The Hall–Kier alpha value is -4.76. The summed E-state index contributed by atoms with van der Waals surface area (Å²) in [6.07, 6.45) is 6.92. The van der Waals surface area contributed by atoms with E-state index >= 15 is 0 Å². The van der Waals surface area contributed by atoms with Crippen molar-refractivity contribution < 1.29 is 5.48 Å². The van der Waals surface area contributed by atoms with E-state index in [2.05, 4.69) is 45.9 Å². The zero-order valence-electron chi connectivity index (χ0n) is 30.2. The smallest absolute Gasteiger partial charge is 0.218 e. The van der Waals surface area contributed by atoms with Gasteiger partial charge in [-0.1, -0.05) is 48.9 Å². The number of hydrogen-bond acceptors (Lipinski definition) is 4. The predicted molar refractivity (Wildman–Crippen MR) is 199 cm³/mol. The SMILES string of the molecule is [2H]c1c([2H])c(NC(N)=NC(N)=NCCCCCCN=C(N)NC(N)=NCCCCCCN=C(N)N=C(N)Nc2ccc(Cl)cc2)c([2H])c([2H])c1Cl. The van der Waals surface area contributed by atoms with E-state index in [1.807, 2.05) is 0 Å². The molecule has 0 amide bonds. The van der Waals surface area contributed by atoms with Crippen LogP contribution in [-0.2, 0) is 0 Å². The number of halogens is 2. The minimum Gasteiger partial charge on any atom is -0.370 e. The van der Waals surface area contributed by atoms with Crippen LogP contribution in [0.1, 0.15) is 56.8 Å². The summed E-state index contributed by atoms with van der Waals surface area (Å²) in [5.74, 6) is 0.339. The second-order valence-corrected chi connectivity index (χ2v) is 10.7. The second-order valence-electron chi connectivity index (χ2n) is 9.91. The van der Waals surface area contributed by atoms with Crippen molar-refractivity contribution >= 4 is 70.3 Å². The number of rotatable bonds is 16. The molecule has 0 unspecified atom stereocenters. The third-order valence-corrected chi connectivity index (χ3v) is 6.38. The number of benzene rings is 2. The maximum atomic E-state index is 7.95. The lowest BCUT2D eigenvalue weighted by atomic mass is 10.2. The zero-order chi connectivity index (χ0) is 37.8. The first-order chi connectivity index (χ1) is 24.3. The molecule has 0 spiro atoms. The van der Waals surface area contributed by atoms with Gasteiger partial charge in [-0.25, -0.2) is 0 Å². The molecule has 2 aromatic rings. The van der Waals surface area contributed by atoms with Crippen molar-refractivity contribution in [1.82, 2.24) is 5.32 Å². The molecule has 17 heteroatoms. The Balaban J connectivity index is 1.55. The molecule has 0 atom stereocenters. The first kappa shape index (κ1) is 32.2. The van der Waals surface area contributed by atoms with Crippen LogP contribution in [0.3, 0.4) is 0 Å². The summed E-state index contributed by atoms with van der Waals surface area (Å²) in [6, 6.07) is 5.49. The monoisotopic (exact) mass is 691 g/mol. The number of hydrogen-bond donors (Lipinski definition) is 9. The molecule has 0 aliphatic carbocycles. The van der Waals surface area contributed by atoms with E-state index in [1.165, 1.54) is 0 Å². The number of guanidine groups is 6. The third-order valence-electron chi connectivity index (χ3n) is 5.93. The van der Waals surface area contributed by atoms with Gasteiger partial charge in [0.15, 0.2) is 11.9 Å². The third kappa shape index (κ3) is 19.4. The van der Waals surface area contributed by atoms with Crippen molar-refractivity contribution in [2.24, 2.45) is 64.4 Å². The summed E-state index contributed by atoms with van der Waals surface area (Å²) in [5, 5.41) is 8.58. The largest absolute Gasteiger partial charge is 0.370 e. The molecule has 0 saturated heterocycles. The Morgan fingerprint density at radius 3 is 1.36 bits per heavy atom. The van der Waals surface area contributed by atoms with Gasteiger partial charge in [-0.3, -0.25) is 25.3 Å². The van der Waals surface area contributed by atoms with E-state index in [-0.39, 0.29) is 58.6 Å². The summed E-state index contributed by atoms with van der Waals surface area (Å²) < 4.78 is 31.5. The van der Waals surface area contributed by atoms with Crippen molar-refractivity contribution in [1.29, 1.82) is 0 Å². The summed E-state index contributed by atoms with van der Waals surface area (Å²) >= 11 is 11.7. The zero-order valence-corrected chi connectivity index (χ0v) is 27.7. The molecule has 0 aromatic heterocycles. The van der Waals surface area contributed by atoms with E-state index in [0.29, 0.717) is 31.2 Å². The standard InChI is InChI=1S/C30H47Cl2N15/c31-21-9-13-23(14-10-21)43-29(37)46-27(35)41-19-7-3-1-5-17-39-25(33)45-26(34)40-18-6-2-4-8-20-42-28(36)47-30(38)44-24-15-11-22(32)12-16-24/h9-16H,1-8,17-20H2,(H5,33,34,39,40,45)(H5,35,37,41,43,46)(H5,36,38,42,44,47)/i9D,10D,13D,14D. The second kappa shape index (κ2) is 22.7. The number of nitrogens with zero attached hydrogens (tertiary/aromatic N) is 6. The van der Waals surface area contributed by atoms with Crippen LogP contribution in [0, 0.1) is 0 Å². The summed E-state index contributed by atoms with van der Waals surface area (Å²) in [5.41, 5.74) is 35.7. The number of nitrogens with one attached hydrogen (secondary N) is 3. The number of nitrogens with two attached hydrogens (primary N) is 6. The molecule has 15 nitrogen and oxygen atoms in total. The lowest BCUT2D eigenvalue weighted by molar-refractivity contribution is 0.652. The fourth-order valence-electron chi connectivity index (χ4n) is 3.69.